The maximum atomic E-state index is 12.0. The third-order valence-electron chi connectivity index (χ3n) is 3.93. The van der Waals surface area contributed by atoms with Gasteiger partial charge >= 0.3 is 11.8 Å². The highest BCUT2D eigenvalue weighted by Crippen LogP contribution is 2.23. The number of aryl methyl sites for hydroxylation is 2. The van der Waals surface area contributed by atoms with Crippen LogP contribution in [0.15, 0.2) is 6.20 Å². The molecule has 2 atom stereocenters. The molecule has 2 unspecified atom stereocenters. The molecule has 0 spiro atoms. The maximum absolute atomic E-state index is 12.0. The second kappa shape index (κ2) is 7.35. The summed E-state index contributed by atoms with van der Waals surface area (Å²) in [6, 6.07) is 0. The fourth-order valence-corrected chi connectivity index (χ4v) is 2.71. The standard InChI is InChI=1S/C14H21N3O5/c1-10-15-13(17(19)20)9-16(10)8-7-14(18)22-12-6-4-3-5-11(12)21-2/h9,11-12H,3-8H2,1-2H3. The first-order valence-electron chi connectivity index (χ1n) is 7.41. The van der Waals surface area contributed by atoms with Crippen LogP contribution in [0, 0.1) is 17.0 Å². The van der Waals surface area contributed by atoms with Crippen molar-refractivity contribution in [1.82, 2.24) is 9.55 Å². The maximum Gasteiger partial charge on any atom is 0.381 e. The Balaban J connectivity index is 1.86. The number of aromatic nitrogens is 2. The van der Waals surface area contributed by atoms with Crippen LogP contribution in [0.25, 0.3) is 0 Å². The Morgan fingerprint density at radius 1 is 1.45 bits per heavy atom. The van der Waals surface area contributed by atoms with Gasteiger partial charge in [-0.15, -0.1) is 0 Å². The topological polar surface area (TPSA) is 96.5 Å². The molecule has 8 heteroatoms. The lowest BCUT2D eigenvalue weighted by atomic mass is 9.94. The van der Waals surface area contributed by atoms with Crippen molar-refractivity contribution in [1.29, 1.82) is 0 Å². The lowest BCUT2D eigenvalue weighted by Crippen LogP contribution is -2.35. The molecule has 1 saturated carbocycles. The van der Waals surface area contributed by atoms with E-state index in [1.54, 1.807) is 18.6 Å². The average molecular weight is 311 g/mol. The van der Waals surface area contributed by atoms with Crippen LogP contribution in [-0.4, -0.2) is 39.8 Å². The van der Waals surface area contributed by atoms with Crippen molar-refractivity contribution in [3.63, 3.8) is 0 Å². The van der Waals surface area contributed by atoms with Crippen molar-refractivity contribution >= 4 is 11.8 Å². The molecule has 0 aliphatic heterocycles. The monoisotopic (exact) mass is 311 g/mol. The van der Waals surface area contributed by atoms with Crippen LogP contribution in [-0.2, 0) is 20.8 Å². The number of hydrogen-bond acceptors (Lipinski definition) is 6. The van der Waals surface area contributed by atoms with Gasteiger partial charge < -0.3 is 24.2 Å². The molecular weight excluding hydrogens is 290 g/mol. The second-order valence-electron chi connectivity index (χ2n) is 5.43. The zero-order valence-electron chi connectivity index (χ0n) is 12.9. The molecule has 122 valence electrons. The smallest absolute Gasteiger partial charge is 0.381 e. The minimum absolute atomic E-state index is 0.0335. The van der Waals surface area contributed by atoms with E-state index in [-0.39, 0.29) is 30.4 Å². The first-order chi connectivity index (χ1) is 10.5. The molecule has 0 radical (unpaired) electrons. The Labute approximate surface area is 128 Å². The van der Waals surface area contributed by atoms with Crippen LogP contribution in [0.1, 0.15) is 37.9 Å². The normalized spacial score (nSPS) is 21.5. The number of esters is 1. The van der Waals surface area contributed by atoms with E-state index in [2.05, 4.69) is 4.98 Å². The van der Waals surface area contributed by atoms with E-state index < -0.39 is 4.92 Å². The summed E-state index contributed by atoms with van der Waals surface area (Å²) in [5, 5.41) is 10.7. The summed E-state index contributed by atoms with van der Waals surface area (Å²) in [5.41, 5.74) is 0. The first-order valence-corrected chi connectivity index (χ1v) is 7.41. The second-order valence-corrected chi connectivity index (χ2v) is 5.43. The minimum atomic E-state index is -0.549. The number of nitro groups is 1. The van der Waals surface area contributed by atoms with Gasteiger partial charge in [0.05, 0.1) is 12.5 Å². The van der Waals surface area contributed by atoms with Crippen LogP contribution >= 0.6 is 0 Å². The number of rotatable bonds is 6. The van der Waals surface area contributed by atoms with Gasteiger partial charge in [-0.25, -0.2) is 0 Å². The van der Waals surface area contributed by atoms with Gasteiger partial charge in [0.2, 0.25) is 5.82 Å². The highest BCUT2D eigenvalue weighted by Gasteiger charge is 2.28. The molecule has 0 N–H and O–H groups in total. The molecule has 0 aromatic carbocycles. The van der Waals surface area contributed by atoms with Crippen molar-refractivity contribution < 1.29 is 19.2 Å². The molecular formula is C14H21N3O5. The number of methoxy groups -OCH3 is 1. The van der Waals surface area contributed by atoms with Gasteiger partial charge in [-0.1, -0.05) is 6.42 Å². The number of hydrogen-bond donors (Lipinski definition) is 0. The van der Waals surface area contributed by atoms with E-state index in [0.717, 1.165) is 25.7 Å². The van der Waals surface area contributed by atoms with Gasteiger partial charge in [-0.3, -0.25) is 4.79 Å². The van der Waals surface area contributed by atoms with Gasteiger partial charge in [-0.2, -0.15) is 0 Å². The molecule has 2 rings (SSSR count). The average Bonchev–Trinajstić information content (AvgIpc) is 2.87. The van der Waals surface area contributed by atoms with Crippen LogP contribution in [0.2, 0.25) is 0 Å². The first kappa shape index (κ1) is 16.4. The summed E-state index contributed by atoms with van der Waals surface area (Å²) in [5.74, 6) is -0.0192. The molecule has 1 aliphatic carbocycles. The molecule has 1 fully saturated rings. The van der Waals surface area contributed by atoms with Crippen LogP contribution in [0.3, 0.4) is 0 Å². The number of imidazole rings is 1. The van der Waals surface area contributed by atoms with E-state index in [9.17, 15) is 14.9 Å². The summed E-state index contributed by atoms with van der Waals surface area (Å²) in [6.07, 6.45) is 5.11. The molecule has 22 heavy (non-hydrogen) atoms. The third-order valence-corrected chi connectivity index (χ3v) is 3.93. The molecule has 1 heterocycles. The van der Waals surface area contributed by atoms with Gasteiger partial charge in [0.25, 0.3) is 0 Å². The van der Waals surface area contributed by atoms with Crippen LogP contribution < -0.4 is 0 Å². The zero-order chi connectivity index (χ0) is 16.1. The zero-order valence-corrected chi connectivity index (χ0v) is 12.9. The van der Waals surface area contributed by atoms with Gasteiger partial charge in [0, 0.05) is 20.6 Å². The summed E-state index contributed by atoms with van der Waals surface area (Å²) < 4.78 is 12.4. The van der Waals surface area contributed by atoms with E-state index in [1.807, 2.05) is 0 Å². The van der Waals surface area contributed by atoms with E-state index in [1.165, 1.54) is 6.20 Å². The predicted molar refractivity (Wildman–Crippen MR) is 77.4 cm³/mol. The molecule has 1 aliphatic rings. The van der Waals surface area contributed by atoms with Crippen LogP contribution in [0.4, 0.5) is 5.82 Å². The summed E-state index contributed by atoms with van der Waals surface area (Å²) in [4.78, 5) is 25.9. The van der Waals surface area contributed by atoms with Crippen LogP contribution in [0.5, 0.6) is 0 Å². The van der Waals surface area contributed by atoms with E-state index in [0.29, 0.717) is 12.4 Å². The highest BCUT2D eigenvalue weighted by molar-refractivity contribution is 5.69. The quantitative estimate of drug-likeness (QED) is 0.453. The summed E-state index contributed by atoms with van der Waals surface area (Å²) >= 11 is 0. The minimum Gasteiger partial charge on any atom is -0.460 e. The number of ether oxygens (including phenoxy) is 2. The lowest BCUT2D eigenvalue weighted by molar-refractivity contribution is -0.389. The third kappa shape index (κ3) is 4.03. The van der Waals surface area contributed by atoms with Crippen molar-refractivity contribution in [2.75, 3.05) is 7.11 Å². The summed E-state index contributed by atoms with van der Waals surface area (Å²) in [6.45, 7) is 1.98. The van der Waals surface area contributed by atoms with E-state index in [4.69, 9.17) is 9.47 Å². The number of carbonyl (C=O) groups is 1. The van der Waals surface area contributed by atoms with Gasteiger partial charge in [0.15, 0.2) is 0 Å². The van der Waals surface area contributed by atoms with Gasteiger partial charge in [0.1, 0.15) is 12.3 Å². The van der Waals surface area contributed by atoms with Crippen molar-refractivity contribution in [2.24, 2.45) is 0 Å². The molecule has 0 amide bonds. The van der Waals surface area contributed by atoms with Crippen molar-refractivity contribution in [2.45, 2.75) is 57.8 Å². The molecule has 0 saturated heterocycles. The fourth-order valence-electron chi connectivity index (χ4n) is 2.71. The van der Waals surface area contributed by atoms with E-state index >= 15 is 0 Å². The van der Waals surface area contributed by atoms with Gasteiger partial charge in [-0.05, 0) is 29.2 Å². The molecule has 1 aromatic rings. The highest BCUT2D eigenvalue weighted by atomic mass is 16.6. The Morgan fingerprint density at radius 3 is 2.73 bits per heavy atom. The Morgan fingerprint density at radius 2 is 2.14 bits per heavy atom. The molecule has 0 bridgehead atoms. The number of carbonyl (C=O) groups excluding carboxylic acids is 1. The predicted octanol–water partition coefficient (Wildman–Crippen LogP) is 1.99. The summed E-state index contributed by atoms with van der Waals surface area (Å²) in [7, 11) is 1.63. The molecule has 1 aromatic heterocycles. The Kier molecular flexibility index (Phi) is 5.48. The largest absolute Gasteiger partial charge is 0.460 e. The fraction of sp³-hybridized carbons (Fsp3) is 0.714. The van der Waals surface area contributed by atoms with Crippen molar-refractivity contribution in [3.05, 3.63) is 22.1 Å². The Hall–Kier alpha value is -1.96. The molecule has 8 nitrogen and oxygen atoms in total. The lowest BCUT2D eigenvalue weighted by Gasteiger charge is -2.29. The Bertz CT molecular complexity index is 543. The number of nitrogens with zero attached hydrogens (tertiary/aromatic N) is 3. The van der Waals surface area contributed by atoms with Crippen molar-refractivity contribution in [3.8, 4) is 0 Å². The SMILES string of the molecule is COC1CCCCC1OC(=O)CCn1cc([N+](=O)[O-])nc1C.